The monoisotopic (exact) mass is 502 g/mol. The Bertz CT molecular complexity index is 1090. The summed E-state index contributed by atoms with van der Waals surface area (Å²) in [5, 5.41) is 4.32. The zero-order valence-electron chi connectivity index (χ0n) is 18.2. The van der Waals surface area contributed by atoms with Crippen molar-refractivity contribution in [3.8, 4) is 0 Å². The maximum atomic E-state index is 13.5. The van der Waals surface area contributed by atoms with Crippen LogP contribution in [0.1, 0.15) is 23.6 Å². The normalized spacial score (nSPS) is 11.6. The number of nitrogens with one attached hydrogen (secondary N) is 1. The fourth-order valence-corrected chi connectivity index (χ4v) is 4.01. The molecule has 0 aliphatic heterocycles. The van der Waals surface area contributed by atoms with Crippen LogP contribution < -0.4 is 5.32 Å². The highest BCUT2D eigenvalue weighted by Crippen LogP contribution is 2.24. The van der Waals surface area contributed by atoms with E-state index in [-0.39, 0.29) is 24.8 Å². The summed E-state index contributed by atoms with van der Waals surface area (Å²) < 4.78 is 0. The molecular formula is C26H25Cl3N2O2. The lowest BCUT2D eigenvalue weighted by Gasteiger charge is -2.31. The first-order chi connectivity index (χ1) is 15.9. The van der Waals surface area contributed by atoms with Crippen LogP contribution in [0.25, 0.3) is 0 Å². The maximum Gasteiger partial charge on any atom is 0.243 e. The Hall–Kier alpha value is -2.53. The van der Waals surface area contributed by atoms with Crippen molar-refractivity contribution in [1.82, 2.24) is 10.2 Å². The van der Waals surface area contributed by atoms with Gasteiger partial charge >= 0.3 is 0 Å². The van der Waals surface area contributed by atoms with Gasteiger partial charge in [-0.15, -0.1) is 0 Å². The number of nitrogens with zero attached hydrogens (tertiary/aromatic N) is 1. The molecule has 0 aliphatic carbocycles. The van der Waals surface area contributed by atoms with E-state index in [2.05, 4.69) is 5.32 Å². The standard InChI is InChI=1S/C26H25Cl3N2O2/c1-2-30-26(33)24(15-18-6-4-3-5-7-18)31(17-20-10-13-22(28)23(29)14-20)25(32)16-19-8-11-21(27)12-9-19/h3-14,24H,2,15-17H2,1H3,(H,30,33). The van der Waals surface area contributed by atoms with Crippen LogP contribution in [0.15, 0.2) is 72.8 Å². The van der Waals surface area contributed by atoms with Crippen LogP contribution in [-0.2, 0) is 29.0 Å². The smallest absolute Gasteiger partial charge is 0.243 e. The minimum atomic E-state index is -0.693. The Labute approximate surface area is 209 Å². The van der Waals surface area contributed by atoms with E-state index < -0.39 is 6.04 Å². The number of hydrogen-bond donors (Lipinski definition) is 1. The van der Waals surface area contributed by atoms with Crippen LogP contribution in [0.5, 0.6) is 0 Å². The van der Waals surface area contributed by atoms with E-state index in [9.17, 15) is 9.59 Å². The van der Waals surface area contributed by atoms with Crippen LogP contribution in [0.3, 0.4) is 0 Å². The maximum absolute atomic E-state index is 13.5. The fourth-order valence-electron chi connectivity index (χ4n) is 3.56. The molecule has 0 saturated carbocycles. The predicted octanol–water partition coefficient (Wildman–Crippen LogP) is 5.97. The summed E-state index contributed by atoms with van der Waals surface area (Å²) in [7, 11) is 0. The Morgan fingerprint density at radius 2 is 1.52 bits per heavy atom. The molecule has 3 aromatic rings. The summed E-state index contributed by atoms with van der Waals surface area (Å²) in [4.78, 5) is 28.3. The van der Waals surface area contributed by atoms with Gasteiger partial charge in [0.15, 0.2) is 0 Å². The van der Waals surface area contributed by atoms with Crippen molar-refractivity contribution in [2.24, 2.45) is 0 Å². The second-order valence-corrected chi connectivity index (χ2v) is 8.92. The highest BCUT2D eigenvalue weighted by Gasteiger charge is 2.30. The largest absolute Gasteiger partial charge is 0.355 e. The third-order valence-electron chi connectivity index (χ3n) is 5.23. The second kappa shape index (κ2) is 12.1. The van der Waals surface area contributed by atoms with E-state index >= 15 is 0 Å². The van der Waals surface area contributed by atoms with Crippen LogP contribution in [-0.4, -0.2) is 29.3 Å². The molecule has 0 heterocycles. The molecule has 1 atom stereocenters. The molecule has 0 aromatic heterocycles. The van der Waals surface area contributed by atoms with E-state index in [0.717, 1.165) is 16.7 Å². The molecule has 1 unspecified atom stereocenters. The van der Waals surface area contributed by atoms with Gasteiger partial charge in [-0.1, -0.05) is 83.3 Å². The molecule has 4 nitrogen and oxygen atoms in total. The highest BCUT2D eigenvalue weighted by molar-refractivity contribution is 6.42. The van der Waals surface area contributed by atoms with Gasteiger partial charge in [-0.3, -0.25) is 9.59 Å². The molecule has 0 saturated heterocycles. The first-order valence-corrected chi connectivity index (χ1v) is 11.8. The van der Waals surface area contributed by atoms with Crippen molar-refractivity contribution in [3.63, 3.8) is 0 Å². The van der Waals surface area contributed by atoms with Crippen molar-refractivity contribution in [1.29, 1.82) is 0 Å². The molecule has 7 heteroatoms. The van der Waals surface area contributed by atoms with E-state index in [1.165, 1.54) is 0 Å². The van der Waals surface area contributed by atoms with Gasteiger partial charge in [0.25, 0.3) is 0 Å². The van der Waals surface area contributed by atoms with Gasteiger partial charge in [0.2, 0.25) is 11.8 Å². The van der Waals surface area contributed by atoms with Gasteiger partial charge in [-0.2, -0.15) is 0 Å². The SMILES string of the molecule is CCNC(=O)C(Cc1ccccc1)N(Cc1ccc(Cl)c(Cl)c1)C(=O)Cc1ccc(Cl)cc1. The van der Waals surface area contributed by atoms with Crippen molar-refractivity contribution >= 4 is 46.6 Å². The Morgan fingerprint density at radius 3 is 2.15 bits per heavy atom. The molecule has 3 aromatic carbocycles. The molecule has 2 amide bonds. The average molecular weight is 504 g/mol. The van der Waals surface area contributed by atoms with Crippen LogP contribution in [0, 0.1) is 0 Å². The summed E-state index contributed by atoms with van der Waals surface area (Å²) in [6.45, 7) is 2.55. The van der Waals surface area contributed by atoms with Crippen molar-refractivity contribution in [3.05, 3.63) is 105 Å². The summed E-state index contributed by atoms with van der Waals surface area (Å²) in [6.07, 6.45) is 0.531. The minimum Gasteiger partial charge on any atom is -0.355 e. The molecule has 0 radical (unpaired) electrons. The lowest BCUT2D eigenvalue weighted by atomic mass is 10.0. The number of carbonyl (C=O) groups excluding carboxylic acids is 2. The summed E-state index contributed by atoms with van der Waals surface area (Å²) in [6, 6.07) is 21.3. The number of rotatable bonds is 9. The van der Waals surface area contributed by atoms with E-state index in [1.54, 1.807) is 29.2 Å². The van der Waals surface area contributed by atoms with E-state index in [0.29, 0.717) is 28.0 Å². The molecular weight excluding hydrogens is 479 g/mol. The second-order valence-electron chi connectivity index (χ2n) is 7.67. The number of benzene rings is 3. The van der Waals surface area contributed by atoms with Crippen LogP contribution in [0.2, 0.25) is 15.1 Å². The lowest BCUT2D eigenvalue weighted by molar-refractivity contribution is -0.140. The van der Waals surface area contributed by atoms with Crippen LogP contribution >= 0.6 is 34.8 Å². The molecule has 0 spiro atoms. The number of halogens is 3. The number of carbonyl (C=O) groups is 2. The first-order valence-electron chi connectivity index (χ1n) is 10.7. The number of likely N-dealkylation sites (N-methyl/N-ethyl adjacent to an activating group) is 1. The third kappa shape index (κ3) is 7.23. The summed E-state index contributed by atoms with van der Waals surface area (Å²) >= 11 is 18.3. The highest BCUT2D eigenvalue weighted by atomic mass is 35.5. The topological polar surface area (TPSA) is 49.4 Å². The number of hydrogen-bond acceptors (Lipinski definition) is 2. The zero-order valence-corrected chi connectivity index (χ0v) is 20.5. The predicted molar refractivity (Wildman–Crippen MR) is 135 cm³/mol. The fraction of sp³-hybridized carbons (Fsp3) is 0.231. The summed E-state index contributed by atoms with van der Waals surface area (Å²) in [5.74, 6) is -0.374. The average Bonchev–Trinajstić information content (AvgIpc) is 2.80. The first kappa shape index (κ1) is 25.1. The van der Waals surface area contributed by atoms with Gasteiger partial charge in [0.05, 0.1) is 16.5 Å². The van der Waals surface area contributed by atoms with Gasteiger partial charge in [-0.25, -0.2) is 0 Å². The zero-order chi connectivity index (χ0) is 23.8. The molecule has 0 bridgehead atoms. The molecule has 0 fully saturated rings. The molecule has 0 aliphatic rings. The van der Waals surface area contributed by atoms with Crippen molar-refractivity contribution in [2.75, 3.05) is 6.54 Å². The van der Waals surface area contributed by atoms with Gasteiger partial charge < -0.3 is 10.2 Å². The van der Waals surface area contributed by atoms with E-state index in [1.807, 2.05) is 55.5 Å². The van der Waals surface area contributed by atoms with Gasteiger partial charge in [0, 0.05) is 24.5 Å². The molecule has 3 rings (SSSR count). The molecule has 172 valence electrons. The quantitative estimate of drug-likeness (QED) is 0.391. The Balaban J connectivity index is 1.96. The molecule has 33 heavy (non-hydrogen) atoms. The Morgan fingerprint density at radius 1 is 0.848 bits per heavy atom. The van der Waals surface area contributed by atoms with E-state index in [4.69, 9.17) is 34.8 Å². The van der Waals surface area contributed by atoms with Crippen molar-refractivity contribution in [2.45, 2.75) is 32.4 Å². The molecule has 1 N–H and O–H groups in total. The third-order valence-corrected chi connectivity index (χ3v) is 6.22. The van der Waals surface area contributed by atoms with Crippen molar-refractivity contribution < 1.29 is 9.59 Å². The van der Waals surface area contributed by atoms with Gasteiger partial charge in [-0.05, 0) is 47.9 Å². The van der Waals surface area contributed by atoms with Gasteiger partial charge in [0.1, 0.15) is 6.04 Å². The van der Waals surface area contributed by atoms with Crippen LogP contribution in [0.4, 0.5) is 0 Å². The number of amides is 2. The minimum absolute atomic E-state index is 0.142. The Kier molecular flexibility index (Phi) is 9.19. The summed E-state index contributed by atoms with van der Waals surface area (Å²) in [5.41, 5.74) is 2.57. The lowest BCUT2D eigenvalue weighted by Crippen LogP contribution is -2.50.